The van der Waals surface area contributed by atoms with Crippen molar-refractivity contribution in [2.45, 2.75) is 25.7 Å². The molecule has 0 spiro atoms. The molecule has 2 saturated heterocycles. The molecule has 0 N–H and O–H groups in total. The average Bonchev–Trinajstić information content (AvgIpc) is 3.14. The number of benzene rings is 2. The van der Waals surface area contributed by atoms with Gasteiger partial charge in [0.25, 0.3) is 5.69 Å². The van der Waals surface area contributed by atoms with E-state index >= 15 is 0 Å². The summed E-state index contributed by atoms with van der Waals surface area (Å²) in [5.74, 6) is -0.0535. The number of hydrogen-bond donors (Lipinski definition) is 0. The first-order valence-electron chi connectivity index (χ1n) is 11.7. The largest absolute Gasteiger partial charge is 0.363 e. The first-order valence-corrected chi connectivity index (χ1v) is 11.7. The van der Waals surface area contributed by atoms with Gasteiger partial charge in [-0.1, -0.05) is 43.2 Å². The quantitative estimate of drug-likeness (QED) is 0.381. The van der Waals surface area contributed by atoms with Gasteiger partial charge in [-0.25, -0.2) is 0 Å². The number of likely N-dealkylation sites (tertiary alicyclic amines) is 1. The smallest absolute Gasteiger partial charge is 0.293 e. The molecule has 2 aromatic rings. The Kier molecular flexibility index (Phi) is 7.34. The summed E-state index contributed by atoms with van der Waals surface area (Å²) in [4.78, 5) is 42.9. The first-order chi connectivity index (χ1) is 16.0. The minimum absolute atomic E-state index is 0.0640. The van der Waals surface area contributed by atoms with Crippen LogP contribution in [-0.2, 0) is 4.79 Å². The van der Waals surface area contributed by atoms with Crippen LogP contribution in [0.2, 0.25) is 0 Å². The van der Waals surface area contributed by atoms with Crippen molar-refractivity contribution in [1.29, 1.82) is 0 Å². The van der Waals surface area contributed by atoms with E-state index < -0.39 is 4.92 Å². The number of carbonyl (C=O) groups is 2. The third-order valence-corrected chi connectivity index (χ3v) is 6.50. The SMILES string of the molecule is O=C(c1ccccc1)c1ccc(N2CCN(CC(=O)N3CCCCCC3)CC2)c([N+](=O)[O-])c1. The monoisotopic (exact) mass is 450 g/mol. The van der Waals surface area contributed by atoms with Gasteiger partial charge >= 0.3 is 0 Å². The molecule has 0 saturated carbocycles. The Labute approximate surface area is 193 Å². The van der Waals surface area contributed by atoms with E-state index in [0.29, 0.717) is 49.5 Å². The van der Waals surface area contributed by atoms with Crippen LogP contribution < -0.4 is 4.90 Å². The van der Waals surface area contributed by atoms with Gasteiger partial charge in [0.2, 0.25) is 5.91 Å². The molecule has 0 aromatic heterocycles. The van der Waals surface area contributed by atoms with Crippen molar-refractivity contribution >= 4 is 23.1 Å². The lowest BCUT2D eigenvalue weighted by atomic mass is 10.0. The van der Waals surface area contributed by atoms with Crippen molar-refractivity contribution in [3.63, 3.8) is 0 Å². The van der Waals surface area contributed by atoms with E-state index in [-0.39, 0.29) is 17.4 Å². The fourth-order valence-corrected chi connectivity index (χ4v) is 4.59. The molecule has 2 aromatic carbocycles. The summed E-state index contributed by atoms with van der Waals surface area (Å²) in [5, 5.41) is 11.8. The van der Waals surface area contributed by atoms with Crippen LogP contribution in [0.1, 0.15) is 41.6 Å². The van der Waals surface area contributed by atoms with Crippen LogP contribution in [0.15, 0.2) is 48.5 Å². The number of rotatable bonds is 6. The Morgan fingerprint density at radius 1 is 0.818 bits per heavy atom. The van der Waals surface area contributed by atoms with Crippen molar-refractivity contribution in [3.8, 4) is 0 Å². The van der Waals surface area contributed by atoms with E-state index in [4.69, 9.17) is 0 Å². The zero-order valence-electron chi connectivity index (χ0n) is 18.8. The van der Waals surface area contributed by atoms with Crippen LogP contribution in [0.5, 0.6) is 0 Å². The predicted octanol–water partition coefficient (Wildman–Crippen LogP) is 3.35. The Bertz CT molecular complexity index is 995. The van der Waals surface area contributed by atoms with Gasteiger partial charge in [-0.05, 0) is 25.0 Å². The molecule has 0 aliphatic carbocycles. The van der Waals surface area contributed by atoms with Gasteiger partial charge in [0.15, 0.2) is 5.78 Å². The number of nitrogens with zero attached hydrogens (tertiary/aromatic N) is 4. The molecular formula is C25H30N4O4. The molecule has 2 aliphatic heterocycles. The van der Waals surface area contributed by atoms with Gasteiger partial charge in [-0.15, -0.1) is 0 Å². The summed E-state index contributed by atoms with van der Waals surface area (Å²) >= 11 is 0. The van der Waals surface area contributed by atoms with Crippen molar-refractivity contribution < 1.29 is 14.5 Å². The lowest BCUT2D eigenvalue weighted by Gasteiger charge is -2.36. The number of hydrogen-bond acceptors (Lipinski definition) is 6. The topological polar surface area (TPSA) is 87.0 Å². The van der Waals surface area contributed by atoms with Crippen molar-refractivity contribution in [3.05, 3.63) is 69.8 Å². The van der Waals surface area contributed by atoms with E-state index in [1.165, 1.54) is 18.9 Å². The van der Waals surface area contributed by atoms with Crippen LogP contribution in [0.4, 0.5) is 11.4 Å². The number of anilines is 1. The minimum Gasteiger partial charge on any atom is -0.363 e. The molecule has 1 amide bonds. The number of amides is 1. The first kappa shape index (κ1) is 22.9. The van der Waals surface area contributed by atoms with Gasteiger partial charge in [0, 0.05) is 56.5 Å². The summed E-state index contributed by atoms with van der Waals surface area (Å²) in [6.45, 7) is 4.63. The highest BCUT2D eigenvalue weighted by Gasteiger charge is 2.27. The molecule has 0 atom stereocenters. The summed E-state index contributed by atoms with van der Waals surface area (Å²) < 4.78 is 0. The molecule has 4 rings (SSSR count). The molecule has 0 radical (unpaired) electrons. The minimum atomic E-state index is -0.424. The van der Waals surface area contributed by atoms with Gasteiger partial charge < -0.3 is 9.80 Å². The highest BCUT2D eigenvalue weighted by atomic mass is 16.6. The van der Waals surface area contributed by atoms with Crippen molar-refractivity contribution in [2.75, 3.05) is 50.7 Å². The number of piperazine rings is 1. The van der Waals surface area contributed by atoms with E-state index in [1.807, 2.05) is 15.9 Å². The highest BCUT2D eigenvalue weighted by Crippen LogP contribution is 2.31. The second kappa shape index (κ2) is 10.6. The summed E-state index contributed by atoms with van der Waals surface area (Å²) in [5.41, 5.74) is 1.26. The molecule has 174 valence electrons. The third-order valence-electron chi connectivity index (χ3n) is 6.50. The normalized spacial score (nSPS) is 17.5. The van der Waals surface area contributed by atoms with Gasteiger partial charge in [-0.3, -0.25) is 24.6 Å². The average molecular weight is 451 g/mol. The molecule has 8 heteroatoms. The Balaban J connectivity index is 1.40. The lowest BCUT2D eigenvalue weighted by molar-refractivity contribution is -0.384. The van der Waals surface area contributed by atoms with E-state index in [1.54, 1.807) is 36.4 Å². The molecule has 0 unspecified atom stereocenters. The maximum atomic E-state index is 12.7. The maximum Gasteiger partial charge on any atom is 0.293 e. The van der Waals surface area contributed by atoms with Crippen LogP contribution in [0.3, 0.4) is 0 Å². The molecule has 2 aliphatic rings. The Hall–Kier alpha value is -3.26. The van der Waals surface area contributed by atoms with Crippen molar-refractivity contribution in [2.24, 2.45) is 0 Å². The molecule has 2 heterocycles. The predicted molar refractivity (Wildman–Crippen MR) is 127 cm³/mol. The second-order valence-electron chi connectivity index (χ2n) is 8.71. The summed E-state index contributed by atoms with van der Waals surface area (Å²) in [7, 11) is 0. The highest BCUT2D eigenvalue weighted by molar-refractivity contribution is 6.09. The summed E-state index contributed by atoms with van der Waals surface area (Å²) in [6, 6.07) is 13.5. The van der Waals surface area contributed by atoms with Gasteiger partial charge in [0.1, 0.15) is 5.69 Å². The molecular weight excluding hydrogens is 420 g/mol. The number of carbonyl (C=O) groups excluding carboxylic acids is 2. The zero-order chi connectivity index (χ0) is 23.2. The van der Waals surface area contributed by atoms with E-state index in [0.717, 1.165) is 25.9 Å². The van der Waals surface area contributed by atoms with Crippen LogP contribution in [-0.4, -0.2) is 72.2 Å². The second-order valence-corrected chi connectivity index (χ2v) is 8.71. The number of nitro benzene ring substituents is 1. The number of nitro groups is 1. The third kappa shape index (κ3) is 5.57. The van der Waals surface area contributed by atoms with Crippen LogP contribution >= 0.6 is 0 Å². The zero-order valence-corrected chi connectivity index (χ0v) is 18.8. The number of ketones is 1. The fraction of sp³-hybridized carbons (Fsp3) is 0.440. The summed E-state index contributed by atoms with van der Waals surface area (Å²) in [6.07, 6.45) is 4.53. The maximum absolute atomic E-state index is 12.7. The lowest BCUT2D eigenvalue weighted by Crippen LogP contribution is -2.50. The molecule has 8 nitrogen and oxygen atoms in total. The standard InChI is InChI=1S/C25H30N4O4/c30-24(28-12-6-1-2-7-13-28)19-26-14-16-27(17-15-26)22-11-10-21(18-23(22)29(32)33)25(31)20-8-4-3-5-9-20/h3-5,8-11,18H,1-2,6-7,12-17,19H2. The molecule has 33 heavy (non-hydrogen) atoms. The van der Waals surface area contributed by atoms with E-state index in [2.05, 4.69) is 4.90 Å². The van der Waals surface area contributed by atoms with Crippen LogP contribution in [0.25, 0.3) is 0 Å². The Morgan fingerprint density at radius 3 is 2.12 bits per heavy atom. The van der Waals surface area contributed by atoms with Crippen LogP contribution in [0, 0.1) is 10.1 Å². The van der Waals surface area contributed by atoms with Gasteiger partial charge in [-0.2, -0.15) is 0 Å². The van der Waals surface area contributed by atoms with Gasteiger partial charge in [0.05, 0.1) is 11.5 Å². The Morgan fingerprint density at radius 2 is 1.48 bits per heavy atom. The molecule has 0 bridgehead atoms. The fourth-order valence-electron chi connectivity index (χ4n) is 4.59. The van der Waals surface area contributed by atoms with Crippen molar-refractivity contribution in [1.82, 2.24) is 9.80 Å². The van der Waals surface area contributed by atoms with E-state index in [9.17, 15) is 19.7 Å². The molecule has 2 fully saturated rings.